The van der Waals surface area contributed by atoms with Crippen LogP contribution in [-0.2, 0) is 6.54 Å². The Morgan fingerprint density at radius 3 is 2.90 bits per heavy atom. The van der Waals surface area contributed by atoms with Crippen molar-refractivity contribution in [1.82, 2.24) is 14.9 Å². The van der Waals surface area contributed by atoms with Gasteiger partial charge >= 0.3 is 0 Å². The fraction of sp³-hybridized carbons (Fsp3) is 0.333. The smallest absolute Gasteiger partial charge is 0.220 e. The summed E-state index contributed by atoms with van der Waals surface area (Å²) in [4.78, 5) is 11.1. The van der Waals surface area contributed by atoms with E-state index in [1.54, 1.807) is 6.07 Å². The van der Waals surface area contributed by atoms with Gasteiger partial charge in [-0.25, -0.2) is 4.98 Å². The first-order valence-electron chi connectivity index (χ1n) is 6.56. The van der Waals surface area contributed by atoms with Crippen LogP contribution in [0.5, 0.6) is 5.88 Å². The Morgan fingerprint density at radius 1 is 1.25 bits per heavy atom. The van der Waals surface area contributed by atoms with Crippen LogP contribution in [0.1, 0.15) is 23.1 Å². The Morgan fingerprint density at radius 2 is 2.10 bits per heavy atom. The van der Waals surface area contributed by atoms with E-state index in [1.807, 2.05) is 31.2 Å². The van der Waals surface area contributed by atoms with Crippen molar-refractivity contribution >= 4 is 11.6 Å². The zero-order valence-electron chi connectivity index (χ0n) is 11.5. The summed E-state index contributed by atoms with van der Waals surface area (Å²) in [5, 5.41) is 0.448. The van der Waals surface area contributed by atoms with Gasteiger partial charge in [0.25, 0.3) is 0 Å². The minimum Gasteiger partial charge on any atom is -0.466 e. The van der Waals surface area contributed by atoms with Gasteiger partial charge in [0.1, 0.15) is 5.15 Å². The minimum absolute atomic E-state index is 0.132. The van der Waals surface area contributed by atoms with Crippen molar-refractivity contribution in [3.05, 3.63) is 52.4 Å². The number of likely N-dealkylation sites (N-methyl/N-ethyl adjacent to an activating group) is 1. The summed E-state index contributed by atoms with van der Waals surface area (Å²) in [7, 11) is 2.07. The molecule has 2 aromatic rings. The molecule has 0 saturated heterocycles. The Hall–Kier alpha value is -1.65. The second-order valence-corrected chi connectivity index (χ2v) is 5.49. The summed E-state index contributed by atoms with van der Waals surface area (Å²) in [6, 6.07) is 9.72. The standard InChI is InChI=1S/C15H16ClN3O/c1-10-4-3-5-12(17-10)13-9-19(2)8-11-6-7-14(16)18-15(11)20-13/h3-7,13H,8-9H2,1-2H3. The van der Waals surface area contributed by atoms with Crippen LogP contribution in [0.25, 0.3) is 0 Å². The highest BCUT2D eigenvalue weighted by molar-refractivity contribution is 6.29. The molecule has 0 bridgehead atoms. The van der Waals surface area contributed by atoms with E-state index < -0.39 is 0 Å². The lowest BCUT2D eigenvalue weighted by atomic mass is 10.2. The maximum Gasteiger partial charge on any atom is 0.220 e. The van der Waals surface area contributed by atoms with Crippen LogP contribution in [0.4, 0.5) is 0 Å². The molecule has 0 aromatic carbocycles. The number of hydrogen-bond donors (Lipinski definition) is 0. The number of nitrogens with zero attached hydrogens (tertiary/aromatic N) is 3. The lowest BCUT2D eigenvalue weighted by Gasteiger charge is -2.19. The highest BCUT2D eigenvalue weighted by Crippen LogP contribution is 2.29. The molecule has 0 spiro atoms. The number of aromatic nitrogens is 2. The van der Waals surface area contributed by atoms with Crippen molar-refractivity contribution in [3.8, 4) is 5.88 Å². The summed E-state index contributed by atoms with van der Waals surface area (Å²) < 4.78 is 6.05. The fourth-order valence-corrected chi connectivity index (χ4v) is 2.52. The lowest BCUT2D eigenvalue weighted by molar-refractivity contribution is 0.156. The van der Waals surface area contributed by atoms with Gasteiger partial charge in [0.2, 0.25) is 5.88 Å². The normalized spacial score (nSPS) is 19.1. The third-order valence-corrected chi connectivity index (χ3v) is 3.53. The molecule has 1 atom stereocenters. The van der Waals surface area contributed by atoms with Gasteiger partial charge in [0, 0.05) is 24.3 Å². The third kappa shape index (κ3) is 2.76. The first kappa shape index (κ1) is 13.3. The molecule has 0 N–H and O–H groups in total. The SMILES string of the molecule is Cc1cccc(C2CN(C)Cc3ccc(Cl)nc3O2)n1. The molecule has 0 saturated carbocycles. The molecule has 0 fully saturated rings. The summed E-state index contributed by atoms with van der Waals surface area (Å²) in [6.07, 6.45) is -0.132. The van der Waals surface area contributed by atoms with E-state index in [-0.39, 0.29) is 6.10 Å². The van der Waals surface area contributed by atoms with Gasteiger partial charge < -0.3 is 4.74 Å². The topological polar surface area (TPSA) is 38.2 Å². The van der Waals surface area contributed by atoms with Gasteiger partial charge in [-0.1, -0.05) is 17.7 Å². The van der Waals surface area contributed by atoms with Crippen LogP contribution < -0.4 is 4.74 Å². The molecule has 1 aliphatic heterocycles. The lowest BCUT2D eigenvalue weighted by Crippen LogP contribution is -2.24. The molecule has 0 amide bonds. The first-order valence-corrected chi connectivity index (χ1v) is 6.94. The van der Waals surface area contributed by atoms with Crippen molar-refractivity contribution < 1.29 is 4.74 Å². The van der Waals surface area contributed by atoms with Crippen molar-refractivity contribution in [2.24, 2.45) is 0 Å². The molecule has 104 valence electrons. The van der Waals surface area contributed by atoms with Crippen molar-refractivity contribution in [3.63, 3.8) is 0 Å². The summed E-state index contributed by atoms with van der Waals surface area (Å²) in [5.74, 6) is 0.607. The second-order valence-electron chi connectivity index (χ2n) is 5.11. The molecule has 1 unspecified atom stereocenters. The number of halogens is 1. The first-order chi connectivity index (χ1) is 9.61. The van der Waals surface area contributed by atoms with E-state index in [9.17, 15) is 0 Å². The molecule has 0 aliphatic carbocycles. The van der Waals surface area contributed by atoms with Gasteiger partial charge in [-0.15, -0.1) is 0 Å². The van der Waals surface area contributed by atoms with Gasteiger partial charge in [0.05, 0.1) is 5.69 Å². The summed E-state index contributed by atoms with van der Waals surface area (Å²) in [5.41, 5.74) is 2.95. The number of ether oxygens (including phenoxy) is 1. The Bertz CT molecular complexity index is 632. The predicted molar refractivity (Wildman–Crippen MR) is 77.9 cm³/mol. The molecule has 2 aromatic heterocycles. The van der Waals surface area contributed by atoms with Crippen LogP contribution >= 0.6 is 11.6 Å². The Kier molecular flexibility index (Phi) is 3.59. The van der Waals surface area contributed by atoms with E-state index >= 15 is 0 Å². The molecule has 3 rings (SSSR count). The monoisotopic (exact) mass is 289 g/mol. The summed E-state index contributed by atoms with van der Waals surface area (Å²) >= 11 is 5.96. The molecule has 4 nitrogen and oxygen atoms in total. The molecule has 5 heteroatoms. The molecule has 20 heavy (non-hydrogen) atoms. The van der Waals surface area contributed by atoms with E-state index in [1.165, 1.54) is 0 Å². The number of aryl methyl sites for hydroxylation is 1. The van der Waals surface area contributed by atoms with E-state index in [0.29, 0.717) is 11.0 Å². The largest absolute Gasteiger partial charge is 0.466 e. The van der Waals surface area contributed by atoms with E-state index in [2.05, 4.69) is 21.9 Å². The van der Waals surface area contributed by atoms with Gasteiger partial charge in [-0.2, -0.15) is 0 Å². The average molecular weight is 290 g/mol. The predicted octanol–water partition coefficient (Wildman–Crippen LogP) is 3.00. The third-order valence-electron chi connectivity index (χ3n) is 3.32. The average Bonchev–Trinajstić information content (AvgIpc) is 2.56. The maximum absolute atomic E-state index is 6.05. The Balaban J connectivity index is 1.97. The van der Waals surface area contributed by atoms with Crippen LogP contribution in [0.3, 0.4) is 0 Å². The van der Waals surface area contributed by atoms with Gasteiger partial charge in [-0.3, -0.25) is 9.88 Å². The maximum atomic E-state index is 6.05. The highest BCUT2D eigenvalue weighted by Gasteiger charge is 2.24. The van der Waals surface area contributed by atoms with Gasteiger partial charge in [-0.05, 0) is 38.2 Å². The number of rotatable bonds is 1. The number of pyridine rings is 2. The fourth-order valence-electron chi connectivity index (χ4n) is 2.38. The summed E-state index contributed by atoms with van der Waals surface area (Å²) in [6.45, 7) is 3.54. The zero-order chi connectivity index (χ0) is 14.1. The Labute approximate surface area is 123 Å². The van der Waals surface area contributed by atoms with E-state index in [4.69, 9.17) is 16.3 Å². The molecule has 3 heterocycles. The van der Waals surface area contributed by atoms with Crippen molar-refractivity contribution in [1.29, 1.82) is 0 Å². The zero-order valence-corrected chi connectivity index (χ0v) is 12.3. The highest BCUT2D eigenvalue weighted by atomic mass is 35.5. The van der Waals surface area contributed by atoms with Crippen molar-refractivity contribution in [2.45, 2.75) is 19.6 Å². The van der Waals surface area contributed by atoms with Gasteiger partial charge in [0.15, 0.2) is 6.10 Å². The second kappa shape index (κ2) is 5.38. The molecule has 1 aliphatic rings. The minimum atomic E-state index is -0.132. The molecule has 0 radical (unpaired) electrons. The van der Waals surface area contributed by atoms with Crippen LogP contribution in [-0.4, -0.2) is 28.5 Å². The quantitative estimate of drug-likeness (QED) is 0.757. The number of fused-ring (bicyclic) bond motifs is 1. The molecular weight excluding hydrogens is 274 g/mol. The van der Waals surface area contributed by atoms with Crippen LogP contribution in [0.2, 0.25) is 5.15 Å². The van der Waals surface area contributed by atoms with Crippen LogP contribution in [0, 0.1) is 6.92 Å². The molecular formula is C15H16ClN3O. The van der Waals surface area contributed by atoms with E-state index in [0.717, 1.165) is 30.0 Å². The van der Waals surface area contributed by atoms with Crippen molar-refractivity contribution in [2.75, 3.05) is 13.6 Å². The number of hydrogen-bond acceptors (Lipinski definition) is 4. The van der Waals surface area contributed by atoms with Crippen LogP contribution in [0.15, 0.2) is 30.3 Å².